The summed E-state index contributed by atoms with van der Waals surface area (Å²) in [5.41, 5.74) is 2.90. The third-order valence-electron chi connectivity index (χ3n) is 4.51. The maximum atomic E-state index is 12.5. The molecule has 156 valence electrons. The maximum Gasteiger partial charge on any atom is 0.240 e. The lowest BCUT2D eigenvalue weighted by Crippen LogP contribution is -2.29. The quantitative estimate of drug-likeness (QED) is 0.690. The smallest absolute Gasteiger partial charge is 0.240 e. The highest BCUT2D eigenvalue weighted by Crippen LogP contribution is 2.18. The molecule has 0 unspecified atom stereocenters. The Morgan fingerprint density at radius 1 is 1.07 bits per heavy atom. The number of nitrogens with one attached hydrogen (secondary N) is 2. The molecule has 7 nitrogen and oxygen atoms in total. The Bertz CT molecular complexity index is 1000. The monoisotopic (exact) mass is 417 g/mol. The summed E-state index contributed by atoms with van der Waals surface area (Å²) in [6, 6.07) is 12.4. The molecule has 2 aromatic carbocycles. The molecule has 0 heterocycles. The highest BCUT2D eigenvalue weighted by molar-refractivity contribution is 7.89. The van der Waals surface area contributed by atoms with E-state index >= 15 is 0 Å². The van der Waals surface area contributed by atoms with Crippen molar-refractivity contribution in [2.45, 2.75) is 38.6 Å². The van der Waals surface area contributed by atoms with Crippen molar-refractivity contribution < 1.29 is 18.0 Å². The summed E-state index contributed by atoms with van der Waals surface area (Å²) in [5, 5.41) is 2.79. The molecule has 0 aliphatic carbocycles. The molecule has 0 aliphatic heterocycles. The predicted octanol–water partition coefficient (Wildman–Crippen LogP) is 2.59. The van der Waals surface area contributed by atoms with Gasteiger partial charge in [-0.2, -0.15) is 0 Å². The van der Waals surface area contributed by atoms with Crippen molar-refractivity contribution in [1.29, 1.82) is 0 Å². The van der Waals surface area contributed by atoms with Gasteiger partial charge in [0.25, 0.3) is 0 Å². The molecule has 8 heteroatoms. The molecule has 0 saturated carbocycles. The van der Waals surface area contributed by atoms with E-state index in [0.29, 0.717) is 17.8 Å². The van der Waals surface area contributed by atoms with Crippen LogP contribution in [0.4, 0.5) is 5.69 Å². The summed E-state index contributed by atoms with van der Waals surface area (Å²) in [6.45, 7) is 5.38. The number of nitrogens with zero attached hydrogens (tertiary/aromatic N) is 1. The van der Waals surface area contributed by atoms with Crippen molar-refractivity contribution in [2.75, 3.05) is 18.9 Å². The normalized spacial score (nSPS) is 11.2. The van der Waals surface area contributed by atoms with Crippen LogP contribution in [0.5, 0.6) is 0 Å². The zero-order chi connectivity index (χ0) is 21.6. The van der Waals surface area contributed by atoms with Gasteiger partial charge in [0.05, 0.1) is 4.90 Å². The molecule has 0 spiro atoms. The molecule has 2 amide bonds. The molecule has 0 fully saturated rings. The van der Waals surface area contributed by atoms with Crippen LogP contribution in [0.3, 0.4) is 0 Å². The highest BCUT2D eigenvalue weighted by Gasteiger charge is 2.17. The van der Waals surface area contributed by atoms with E-state index in [-0.39, 0.29) is 29.7 Å². The van der Waals surface area contributed by atoms with Crippen molar-refractivity contribution in [1.82, 2.24) is 9.62 Å². The van der Waals surface area contributed by atoms with Crippen molar-refractivity contribution in [3.8, 4) is 0 Å². The average Bonchev–Trinajstić information content (AvgIpc) is 2.65. The topological polar surface area (TPSA) is 95.6 Å². The van der Waals surface area contributed by atoms with E-state index in [1.165, 1.54) is 6.92 Å². The van der Waals surface area contributed by atoms with Gasteiger partial charge in [-0.15, -0.1) is 0 Å². The summed E-state index contributed by atoms with van der Waals surface area (Å²) < 4.78 is 27.5. The number of hydrogen-bond donors (Lipinski definition) is 2. The zero-order valence-electron chi connectivity index (χ0n) is 17.2. The fourth-order valence-electron chi connectivity index (χ4n) is 2.73. The van der Waals surface area contributed by atoms with E-state index in [4.69, 9.17) is 0 Å². The summed E-state index contributed by atoms with van der Waals surface area (Å²) in [6.07, 6.45) is -0.0129. The average molecular weight is 418 g/mol. The minimum Gasteiger partial charge on any atom is -0.342 e. The molecule has 0 atom stereocenters. The second-order valence-electron chi connectivity index (χ2n) is 7.00. The molecule has 0 bridgehead atoms. The minimum absolute atomic E-state index is 0.0129. The number of amides is 2. The number of para-hydroxylation sites is 1. The lowest BCUT2D eigenvalue weighted by molar-refractivity contribution is -0.128. The van der Waals surface area contributed by atoms with Crippen LogP contribution in [-0.2, 0) is 26.2 Å². The molecule has 0 saturated heterocycles. The van der Waals surface area contributed by atoms with E-state index in [1.807, 2.05) is 25.1 Å². The van der Waals surface area contributed by atoms with Gasteiger partial charge in [0, 0.05) is 39.2 Å². The number of carbonyl (C=O) groups is 2. The van der Waals surface area contributed by atoms with E-state index in [2.05, 4.69) is 10.0 Å². The molecular weight excluding hydrogens is 390 g/mol. The van der Waals surface area contributed by atoms with E-state index in [1.54, 1.807) is 43.1 Å². The Labute approximate surface area is 172 Å². The van der Waals surface area contributed by atoms with Crippen molar-refractivity contribution in [3.63, 3.8) is 0 Å². The van der Waals surface area contributed by atoms with Gasteiger partial charge in [0.2, 0.25) is 21.8 Å². The molecular formula is C21H27N3O4S. The van der Waals surface area contributed by atoms with E-state index < -0.39 is 10.0 Å². The van der Waals surface area contributed by atoms with Crippen LogP contribution in [0.2, 0.25) is 0 Å². The fourth-order valence-corrected chi connectivity index (χ4v) is 4.09. The van der Waals surface area contributed by atoms with Crippen LogP contribution in [0.1, 0.15) is 30.0 Å². The largest absolute Gasteiger partial charge is 0.342 e. The molecule has 29 heavy (non-hydrogen) atoms. The van der Waals surface area contributed by atoms with Gasteiger partial charge in [-0.25, -0.2) is 13.1 Å². The first-order valence-electron chi connectivity index (χ1n) is 9.26. The number of anilines is 1. The van der Waals surface area contributed by atoms with E-state index in [0.717, 1.165) is 11.1 Å². The Morgan fingerprint density at radius 3 is 2.45 bits per heavy atom. The van der Waals surface area contributed by atoms with Crippen LogP contribution in [0.15, 0.2) is 47.4 Å². The van der Waals surface area contributed by atoms with Crippen molar-refractivity contribution in [3.05, 3.63) is 59.2 Å². The van der Waals surface area contributed by atoms with E-state index in [9.17, 15) is 18.0 Å². The summed E-state index contributed by atoms with van der Waals surface area (Å²) in [5.74, 6) is -0.390. The Kier molecular flexibility index (Phi) is 7.53. The van der Waals surface area contributed by atoms with Crippen LogP contribution in [0, 0.1) is 13.8 Å². The molecule has 2 aromatic rings. The summed E-state index contributed by atoms with van der Waals surface area (Å²) in [4.78, 5) is 25.5. The predicted molar refractivity (Wildman–Crippen MR) is 113 cm³/mol. The Hall–Kier alpha value is -2.71. The van der Waals surface area contributed by atoms with Crippen LogP contribution < -0.4 is 10.0 Å². The van der Waals surface area contributed by atoms with Gasteiger partial charge >= 0.3 is 0 Å². The minimum atomic E-state index is -3.69. The van der Waals surface area contributed by atoms with Gasteiger partial charge in [0.15, 0.2) is 0 Å². The van der Waals surface area contributed by atoms with Crippen LogP contribution in [0.25, 0.3) is 0 Å². The van der Waals surface area contributed by atoms with Crippen molar-refractivity contribution >= 4 is 27.5 Å². The number of aryl methyl sites for hydroxylation is 2. The SMILES string of the molecule is CC(=O)N(C)Cc1ccccc1NC(=O)CCNS(=O)(=O)c1cc(C)ccc1C. The highest BCUT2D eigenvalue weighted by atomic mass is 32.2. The molecule has 0 radical (unpaired) electrons. The van der Waals surface area contributed by atoms with Gasteiger partial charge in [0.1, 0.15) is 0 Å². The lowest BCUT2D eigenvalue weighted by Gasteiger charge is -2.18. The number of carbonyl (C=O) groups excluding carboxylic acids is 2. The van der Waals surface area contributed by atoms with Gasteiger partial charge in [-0.05, 0) is 42.7 Å². The molecule has 2 N–H and O–H groups in total. The van der Waals surface area contributed by atoms with Gasteiger partial charge in [-0.3, -0.25) is 9.59 Å². The fraction of sp³-hybridized carbons (Fsp3) is 0.333. The standard InChI is InChI=1S/C21H27N3O4S/c1-15-9-10-16(2)20(13-15)29(27,28)22-12-11-21(26)23-19-8-6-5-7-18(19)14-24(4)17(3)25/h5-10,13,22H,11-12,14H2,1-4H3,(H,23,26). The Morgan fingerprint density at radius 2 is 1.76 bits per heavy atom. The van der Waals surface area contributed by atoms with Gasteiger partial charge < -0.3 is 10.2 Å². The zero-order valence-corrected chi connectivity index (χ0v) is 18.0. The number of sulfonamides is 1. The summed E-state index contributed by atoms with van der Waals surface area (Å²) in [7, 11) is -2.01. The van der Waals surface area contributed by atoms with Crippen LogP contribution >= 0.6 is 0 Å². The van der Waals surface area contributed by atoms with Crippen molar-refractivity contribution in [2.24, 2.45) is 0 Å². The third kappa shape index (κ3) is 6.40. The first-order valence-corrected chi connectivity index (χ1v) is 10.7. The second kappa shape index (κ2) is 9.67. The summed E-state index contributed by atoms with van der Waals surface area (Å²) >= 11 is 0. The number of rotatable bonds is 8. The van der Waals surface area contributed by atoms with Gasteiger partial charge in [-0.1, -0.05) is 30.3 Å². The molecule has 0 aliphatic rings. The lowest BCUT2D eigenvalue weighted by atomic mass is 10.1. The third-order valence-corrected chi connectivity index (χ3v) is 6.12. The Balaban J connectivity index is 1.97. The first kappa shape index (κ1) is 22.6. The molecule has 0 aromatic heterocycles. The van der Waals surface area contributed by atoms with Crippen LogP contribution in [-0.4, -0.2) is 38.7 Å². The molecule has 2 rings (SSSR count). The number of benzene rings is 2. The number of hydrogen-bond acceptors (Lipinski definition) is 4. The first-order chi connectivity index (χ1) is 13.6. The second-order valence-corrected chi connectivity index (χ2v) is 8.73. The maximum absolute atomic E-state index is 12.5.